The molecule has 1 atom stereocenters. The van der Waals surface area contributed by atoms with Crippen molar-refractivity contribution in [3.8, 4) is 0 Å². The minimum Gasteiger partial charge on any atom is -0.381 e. The van der Waals surface area contributed by atoms with Gasteiger partial charge >= 0.3 is 0 Å². The molecule has 0 saturated carbocycles. The van der Waals surface area contributed by atoms with E-state index < -0.39 is 29.7 Å². The van der Waals surface area contributed by atoms with E-state index in [2.05, 4.69) is 15.7 Å². The van der Waals surface area contributed by atoms with E-state index in [4.69, 9.17) is 4.74 Å². The molecule has 14 heteroatoms. The molecule has 7 rings (SSSR count). The fourth-order valence-corrected chi connectivity index (χ4v) is 7.69. The molecular formula is C34H41N7O7. The molecule has 0 spiro atoms. The van der Waals surface area contributed by atoms with E-state index in [-0.39, 0.29) is 53.7 Å². The predicted octanol–water partition coefficient (Wildman–Crippen LogP) is 1.73. The maximum Gasteiger partial charge on any atom is 0.264 e. The number of nitrogens with one attached hydrogen (secondary N) is 2. The van der Waals surface area contributed by atoms with E-state index in [1.807, 2.05) is 20.7 Å². The number of benzene rings is 1. The number of ether oxygens (including phenoxy) is 1. The number of carbonyl (C=O) groups is 6. The first-order chi connectivity index (χ1) is 23.3. The third-order valence-electron chi connectivity index (χ3n) is 10.5. The summed E-state index contributed by atoms with van der Waals surface area (Å²) in [4.78, 5) is 81.7. The Kier molecular flexibility index (Phi) is 8.99. The summed E-state index contributed by atoms with van der Waals surface area (Å²) >= 11 is 0. The van der Waals surface area contributed by atoms with Crippen molar-refractivity contribution in [1.29, 1.82) is 0 Å². The van der Waals surface area contributed by atoms with Gasteiger partial charge in [0.1, 0.15) is 6.04 Å². The van der Waals surface area contributed by atoms with Crippen molar-refractivity contribution >= 4 is 41.1 Å². The fraction of sp³-hybridized carbons (Fsp3) is 0.559. The molecule has 0 aliphatic carbocycles. The number of aromatic nitrogens is 2. The molecule has 5 aliphatic rings. The standard InChI is InChI=1S/C34H41N7O7/c42-28-5-4-27(30(43)37-28)41-33(46)25-2-1-3-26(29(25)34(41)47)35-18-21-19-36-40(20-21)24-8-14-39(15-9-24)31(44)22-6-12-38(13-7-22)32(45)23-10-16-48-17-11-23/h1-3,19-20,22-24,27,35H,4-18H2,(H,37,42,43). The molecule has 2 N–H and O–H groups in total. The van der Waals surface area contributed by atoms with Gasteiger partial charge in [-0.2, -0.15) is 5.10 Å². The molecule has 0 radical (unpaired) electrons. The molecule has 14 nitrogen and oxygen atoms in total. The van der Waals surface area contributed by atoms with Crippen LogP contribution >= 0.6 is 0 Å². The lowest BCUT2D eigenvalue weighted by atomic mass is 9.92. The number of anilines is 1. The summed E-state index contributed by atoms with van der Waals surface area (Å²) < 4.78 is 7.33. The van der Waals surface area contributed by atoms with Crippen molar-refractivity contribution in [2.24, 2.45) is 11.8 Å². The highest BCUT2D eigenvalue weighted by Crippen LogP contribution is 2.33. The van der Waals surface area contributed by atoms with Gasteiger partial charge in [-0.1, -0.05) is 6.07 Å². The van der Waals surface area contributed by atoms with Gasteiger partial charge in [-0.15, -0.1) is 0 Å². The van der Waals surface area contributed by atoms with Crippen LogP contribution in [0.15, 0.2) is 30.6 Å². The van der Waals surface area contributed by atoms with Crippen LogP contribution in [0.1, 0.15) is 83.7 Å². The van der Waals surface area contributed by atoms with E-state index in [9.17, 15) is 28.8 Å². The maximum atomic E-state index is 13.4. The zero-order valence-electron chi connectivity index (χ0n) is 26.9. The van der Waals surface area contributed by atoms with Crippen molar-refractivity contribution in [2.45, 2.75) is 70.0 Å². The molecule has 4 fully saturated rings. The Balaban J connectivity index is 0.900. The van der Waals surface area contributed by atoms with E-state index >= 15 is 0 Å². The first kappa shape index (κ1) is 32.0. The molecule has 5 aliphatic heterocycles. The third kappa shape index (κ3) is 6.20. The van der Waals surface area contributed by atoms with Crippen molar-refractivity contribution in [1.82, 2.24) is 29.8 Å². The number of piperidine rings is 3. The van der Waals surface area contributed by atoms with Crippen LogP contribution in [-0.4, -0.2) is 105 Å². The minimum absolute atomic E-state index is 0.0413. The maximum absolute atomic E-state index is 13.4. The number of nitrogens with zero attached hydrogens (tertiary/aromatic N) is 5. The molecule has 0 bridgehead atoms. The number of hydrogen-bond donors (Lipinski definition) is 2. The smallest absolute Gasteiger partial charge is 0.264 e. The zero-order chi connectivity index (χ0) is 33.4. The highest BCUT2D eigenvalue weighted by Gasteiger charge is 2.45. The summed E-state index contributed by atoms with van der Waals surface area (Å²) in [6, 6.07) is 4.12. The Labute approximate surface area is 278 Å². The van der Waals surface area contributed by atoms with Crippen molar-refractivity contribution < 1.29 is 33.5 Å². The second-order valence-electron chi connectivity index (χ2n) is 13.4. The van der Waals surface area contributed by atoms with Crippen LogP contribution in [0.4, 0.5) is 5.69 Å². The van der Waals surface area contributed by atoms with Crippen LogP contribution in [0, 0.1) is 11.8 Å². The first-order valence-corrected chi connectivity index (χ1v) is 17.1. The van der Waals surface area contributed by atoms with Gasteiger partial charge < -0.3 is 19.9 Å². The van der Waals surface area contributed by atoms with E-state index in [0.29, 0.717) is 64.5 Å². The zero-order valence-corrected chi connectivity index (χ0v) is 26.9. The lowest BCUT2D eigenvalue weighted by Crippen LogP contribution is -2.54. The number of carbonyl (C=O) groups excluding carboxylic acids is 6. The monoisotopic (exact) mass is 659 g/mol. The summed E-state index contributed by atoms with van der Waals surface area (Å²) in [6.45, 7) is 4.26. The normalized spacial score (nSPS) is 23.0. The van der Waals surface area contributed by atoms with Gasteiger partial charge in [0.25, 0.3) is 11.8 Å². The quantitative estimate of drug-likeness (QED) is 0.422. The molecule has 1 unspecified atom stereocenters. The van der Waals surface area contributed by atoms with Gasteiger partial charge in [-0.05, 0) is 57.1 Å². The van der Waals surface area contributed by atoms with Crippen LogP contribution in [0.25, 0.3) is 0 Å². The SMILES string of the molecule is O=C1CCC(N2C(=O)c3cccc(NCc4cnn(C5CCN(C(=O)C6CCN(C(=O)C7CCOCC7)CC6)CC5)c4)c3C2=O)C(=O)N1. The van der Waals surface area contributed by atoms with Crippen LogP contribution in [0.3, 0.4) is 0 Å². The predicted molar refractivity (Wildman–Crippen MR) is 170 cm³/mol. The van der Waals surface area contributed by atoms with Crippen LogP contribution in [-0.2, 0) is 30.5 Å². The Hall–Kier alpha value is -4.59. The second-order valence-corrected chi connectivity index (χ2v) is 13.4. The number of amides is 6. The van der Waals surface area contributed by atoms with Gasteiger partial charge in [-0.25, -0.2) is 0 Å². The van der Waals surface area contributed by atoms with Gasteiger partial charge in [0.05, 0.1) is 23.4 Å². The van der Waals surface area contributed by atoms with E-state index in [1.165, 1.54) is 0 Å². The lowest BCUT2D eigenvalue weighted by molar-refractivity contribution is -0.144. The number of rotatable bonds is 7. The third-order valence-corrected chi connectivity index (χ3v) is 10.5. The molecule has 1 aromatic heterocycles. The molecule has 6 amide bonds. The molecule has 2 aromatic rings. The fourth-order valence-electron chi connectivity index (χ4n) is 7.69. The highest BCUT2D eigenvalue weighted by atomic mass is 16.5. The molecule has 48 heavy (non-hydrogen) atoms. The minimum atomic E-state index is -1.02. The number of fused-ring (bicyclic) bond motifs is 1. The average molecular weight is 660 g/mol. The van der Waals surface area contributed by atoms with E-state index in [0.717, 1.165) is 36.1 Å². The van der Waals surface area contributed by atoms with Crippen LogP contribution in [0.2, 0.25) is 0 Å². The van der Waals surface area contributed by atoms with Crippen molar-refractivity contribution in [3.63, 3.8) is 0 Å². The average Bonchev–Trinajstić information content (AvgIpc) is 3.70. The summed E-state index contributed by atoms with van der Waals surface area (Å²) in [5.74, 6) is -1.74. The lowest BCUT2D eigenvalue weighted by Gasteiger charge is -2.38. The van der Waals surface area contributed by atoms with Crippen molar-refractivity contribution in [3.05, 3.63) is 47.3 Å². The number of hydrogen-bond acceptors (Lipinski definition) is 9. The molecule has 6 heterocycles. The Bertz CT molecular complexity index is 1620. The van der Waals surface area contributed by atoms with Gasteiger partial charge in [0.15, 0.2) is 0 Å². The summed E-state index contributed by atoms with van der Waals surface area (Å²) in [7, 11) is 0. The van der Waals surface area contributed by atoms with E-state index in [1.54, 1.807) is 24.4 Å². The molecule has 254 valence electrons. The Morgan fingerprint density at radius 3 is 2.21 bits per heavy atom. The largest absolute Gasteiger partial charge is 0.381 e. The molecule has 4 saturated heterocycles. The van der Waals surface area contributed by atoms with Crippen LogP contribution < -0.4 is 10.6 Å². The van der Waals surface area contributed by atoms with Crippen molar-refractivity contribution in [2.75, 3.05) is 44.7 Å². The highest BCUT2D eigenvalue weighted by molar-refractivity contribution is 6.25. The first-order valence-electron chi connectivity index (χ1n) is 17.1. The van der Waals surface area contributed by atoms with Gasteiger partial charge in [0.2, 0.25) is 23.6 Å². The Morgan fingerprint density at radius 1 is 0.854 bits per heavy atom. The summed E-state index contributed by atoms with van der Waals surface area (Å²) in [5.41, 5.74) is 1.82. The van der Waals surface area contributed by atoms with Gasteiger partial charge in [0, 0.05) is 81.6 Å². The number of likely N-dealkylation sites (tertiary alicyclic amines) is 2. The molecular weight excluding hydrogens is 618 g/mol. The molecule has 1 aromatic carbocycles. The summed E-state index contributed by atoms with van der Waals surface area (Å²) in [5, 5.41) is 10.1. The Morgan fingerprint density at radius 2 is 1.52 bits per heavy atom. The van der Waals surface area contributed by atoms with Crippen LogP contribution in [0.5, 0.6) is 0 Å². The number of imide groups is 2. The second kappa shape index (κ2) is 13.5. The topological polar surface area (TPSA) is 163 Å². The summed E-state index contributed by atoms with van der Waals surface area (Å²) in [6.07, 6.45) is 8.47. The van der Waals surface area contributed by atoms with Gasteiger partial charge in [-0.3, -0.25) is 43.7 Å².